The second-order valence-corrected chi connectivity index (χ2v) is 4.71. The van der Waals surface area contributed by atoms with E-state index in [-0.39, 0.29) is 0 Å². The van der Waals surface area contributed by atoms with Gasteiger partial charge in [-0.3, -0.25) is 0 Å². The average Bonchev–Trinajstić information content (AvgIpc) is 2.72. The highest BCUT2D eigenvalue weighted by molar-refractivity contribution is 7.07. The molecule has 1 aromatic carbocycles. The fourth-order valence-electron chi connectivity index (χ4n) is 1.64. The van der Waals surface area contributed by atoms with Crippen molar-refractivity contribution < 1.29 is 4.74 Å². The van der Waals surface area contributed by atoms with Crippen LogP contribution in [0, 0.1) is 6.92 Å². The van der Waals surface area contributed by atoms with Gasteiger partial charge in [0.2, 0.25) is 0 Å². The Bertz CT molecular complexity index is 610. The van der Waals surface area contributed by atoms with Gasteiger partial charge in [-0.1, -0.05) is 12.1 Å². The smallest absolute Gasteiger partial charge is 0.190 e. The Morgan fingerprint density at radius 3 is 3.06 bits per heavy atom. The number of hydrogen-bond donors (Lipinski definition) is 0. The third kappa shape index (κ3) is 2.71. The van der Waals surface area contributed by atoms with Crippen LogP contribution in [0.15, 0.2) is 47.3 Å². The number of methoxy groups -OCH3 is 1. The molecule has 0 bridgehead atoms. The number of thiazole rings is 1. The fourth-order valence-corrected chi connectivity index (χ4v) is 2.55. The Morgan fingerprint density at radius 2 is 2.33 bits per heavy atom. The topological polar surface area (TPSA) is 26.5 Å². The molecule has 0 spiro atoms. The molecule has 0 N–H and O–H groups in total. The standard InChI is InChI=1S/C14H16N2OS/c1-4-8-16-11(2)10-18-14(16)15-12-6-5-7-13(9-12)17-3/h4-7,9-10H,1,8H2,2-3H3. The lowest BCUT2D eigenvalue weighted by atomic mass is 10.3. The van der Waals surface area contributed by atoms with Crippen LogP contribution in [0.1, 0.15) is 5.69 Å². The normalized spacial score (nSPS) is 11.6. The lowest BCUT2D eigenvalue weighted by Gasteiger charge is -2.02. The second-order valence-electron chi connectivity index (χ2n) is 3.87. The maximum absolute atomic E-state index is 5.20. The third-order valence-corrected chi connectivity index (χ3v) is 3.56. The lowest BCUT2D eigenvalue weighted by Crippen LogP contribution is -2.14. The highest BCUT2D eigenvalue weighted by atomic mass is 32.1. The Balaban J connectivity index is 2.46. The molecule has 18 heavy (non-hydrogen) atoms. The van der Waals surface area contributed by atoms with Crippen LogP contribution in [-0.4, -0.2) is 11.7 Å². The first-order chi connectivity index (χ1) is 8.74. The maximum atomic E-state index is 5.20. The fraction of sp³-hybridized carbons (Fsp3) is 0.214. The first-order valence-corrected chi connectivity index (χ1v) is 6.57. The summed E-state index contributed by atoms with van der Waals surface area (Å²) in [6.45, 7) is 6.62. The number of allylic oxidation sites excluding steroid dienone is 1. The maximum Gasteiger partial charge on any atom is 0.190 e. The van der Waals surface area contributed by atoms with Crippen LogP contribution in [0.2, 0.25) is 0 Å². The molecule has 0 amide bonds. The van der Waals surface area contributed by atoms with Crippen molar-refractivity contribution in [3.63, 3.8) is 0 Å². The van der Waals surface area contributed by atoms with E-state index in [9.17, 15) is 0 Å². The van der Waals surface area contributed by atoms with Crippen molar-refractivity contribution in [2.45, 2.75) is 13.5 Å². The Kier molecular flexibility index (Phi) is 3.99. The summed E-state index contributed by atoms with van der Waals surface area (Å²) in [7, 11) is 1.66. The predicted molar refractivity (Wildman–Crippen MR) is 75.5 cm³/mol. The molecule has 0 saturated carbocycles. The number of rotatable bonds is 4. The number of ether oxygens (including phenoxy) is 1. The minimum absolute atomic E-state index is 0.776. The van der Waals surface area contributed by atoms with Crippen molar-refractivity contribution in [2.75, 3.05) is 7.11 Å². The zero-order valence-corrected chi connectivity index (χ0v) is 11.4. The van der Waals surface area contributed by atoms with Crippen molar-refractivity contribution in [1.29, 1.82) is 0 Å². The van der Waals surface area contributed by atoms with Gasteiger partial charge in [-0.25, -0.2) is 4.99 Å². The number of benzene rings is 1. The summed E-state index contributed by atoms with van der Waals surface area (Å²) in [6.07, 6.45) is 1.88. The Morgan fingerprint density at radius 1 is 1.50 bits per heavy atom. The molecule has 1 heterocycles. The van der Waals surface area contributed by atoms with Crippen LogP contribution in [0.4, 0.5) is 5.69 Å². The molecule has 0 saturated heterocycles. The van der Waals surface area contributed by atoms with Crippen molar-refractivity contribution in [2.24, 2.45) is 4.99 Å². The van der Waals surface area contributed by atoms with Crippen molar-refractivity contribution in [3.8, 4) is 5.75 Å². The quantitative estimate of drug-likeness (QED) is 0.775. The van der Waals surface area contributed by atoms with Gasteiger partial charge in [0.05, 0.1) is 12.8 Å². The Labute approximate surface area is 111 Å². The van der Waals surface area contributed by atoms with Crippen LogP contribution in [0.5, 0.6) is 5.75 Å². The summed E-state index contributed by atoms with van der Waals surface area (Å²) >= 11 is 1.63. The summed E-state index contributed by atoms with van der Waals surface area (Å²) < 4.78 is 7.33. The van der Waals surface area contributed by atoms with E-state index in [1.807, 2.05) is 30.3 Å². The van der Waals surface area contributed by atoms with Crippen LogP contribution in [0.3, 0.4) is 0 Å². The second kappa shape index (κ2) is 5.69. The van der Waals surface area contributed by atoms with Gasteiger partial charge in [-0.05, 0) is 19.1 Å². The van der Waals surface area contributed by atoms with E-state index in [2.05, 4.69) is 28.4 Å². The van der Waals surface area contributed by atoms with Gasteiger partial charge in [-0.15, -0.1) is 17.9 Å². The van der Waals surface area contributed by atoms with Crippen LogP contribution >= 0.6 is 11.3 Å². The van der Waals surface area contributed by atoms with Gasteiger partial charge in [0.1, 0.15) is 5.75 Å². The molecule has 2 rings (SSSR count). The van der Waals surface area contributed by atoms with Crippen molar-refractivity contribution in [1.82, 2.24) is 4.57 Å². The first-order valence-electron chi connectivity index (χ1n) is 5.69. The van der Waals surface area contributed by atoms with Gasteiger partial charge in [0.15, 0.2) is 4.80 Å². The van der Waals surface area contributed by atoms with E-state index in [1.165, 1.54) is 5.69 Å². The molecule has 0 aliphatic heterocycles. The van der Waals surface area contributed by atoms with Crippen LogP contribution < -0.4 is 9.54 Å². The largest absolute Gasteiger partial charge is 0.497 e. The predicted octanol–water partition coefficient (Wildman–Crippen LogP) is 3.29. The van der Waals surface area contributed by atoms with Crippen LogP contribution in [-0.2, 0) is 6.54 Å². The minimum Gasteiger partial charge on any atom is -0.497 e. The molecular formula is C14H16N2OS. The molecule has 0 fully saturated rings. The summed E-state index contributed by atoms with van der Waals surface area (Å²) in [5.41, 5.74) is 2.09. The molecule has 0 unspecified atom stereocenters. The number of aryl methyl sites for hydroxylation is 1. The number of aromatic nitrogens is 1. The van der Waals surface area contributed by atoms with Gasteiger partial charge in [-0.2, -0.15) is 0 Å². The van der Waals surface area contributed by atoms with E-state index < -0.39 is 0 Å². The SMILES string of the molecule is C=CCn1c(C)csc1=Nc1cccc(OC)c1. The molecule has 2 aromatic rings. The molecule has 0 radical (unpaired) electrons. The van der Waals surface area contributed by atoms with E-state index in [0.29, 0.717) is 0 Å². The van der Waals surface area contributed by atoms with Gasteiger partial charge in [0.25, 0.3) is 0 Å². The zero-order chi connectivity index (χ0) is 13.0. The van der Waals surface area contributed by atoms with E-state index >= 15 is 0 Å². The van der Waals surface area contributed by atoms with Gasteiger partial charge < -0.3 is 9.30 Å². The van der Waals surface area contributed by atoms with Crippen LogP contribution in [0.25, 0.3) is 0 Å². The highest BCUT2D eigenvalue weighted by Crippen LogP contribution is 2.19. The summed E-state index contributed by atoms with van der Waals surface area (Å²) in [4.78, 5) is 5.62. The summed E-state index contributed by atoms with van der Waals surface area (Å²) in [6, 6.07) is 7.75. The molecule has 0 aliphatic carbocycles. The summed E-state index contributed by atoms with van der Waals surface area (Å²) in [5, 5.41) is 2.10. The van der Waals surface area contributed by atoms with Gasteiger partial charge in [0, 0.05) is 23.7 Å². The molecule has 1 aromatic heterocycles. The van der Waals surface area contributed by atoms with Gasteiger partial charge >= 0.3 is 0 Å². The minimum atomic E-state index is 0.776. The molecule has 94 valence electrons. The van der Waals surface area contributed by atoms with E-state index in [4.69, 9.17) is 4.74 Å². The number of nitrogens with zero attached hydrogens (tertiary/aromatic N) is 2. The molecular weight excluding hydrogens is 244 g/mol. The monoisotopic (exact) mass is 260 g/mol. The molecule has 3 nitrogen and oxygen atoms in total. The summed E-state index contributed by atoms with van der Waals surface area (Å²) in [5.74, 6) is 0.819. The average molecular weight is 260 g/mol. The van der Waals surface area contributed by atoms with E-state index in [1.54, 1.807) is 18.4 Å². The molecule has 0 atom stereocenters. The Hall–Kier alpha value is -1.81. The van der Waals surface area contributed by atoms with E-state index in [0.717, 1.165) is 22.8 Å². The molecule has 4 heteroatoms. The number of hydrogen-bond acceptors (Lipinski definition) is 3. The third-order valence-electron chi connectivity index (χ3n) is 2.58. The molecule has 0 aliphatic rings. The first kappa shape index (κ1) is 12.6. The van der Waals surface area contributed by atoms with Crippen molar-refractivity contribution in [3.05, 3.63) is 52.8 Å². The zero-order valence-electron chi connectivity index (χ0n) is 10.6. The highest BCUT2D eigenvalue weighted by Gasteiger charge is 2.00. The lowest BCUT2D eigenvalue weighted by molar-refractivity contribution is 0.415. The van der Waals surface area contributed by atoms with Crippen molar-refractivity contribution >= 4 is 17.0 Å².